The van der Waals surface area contributed by atoms with Crippen LogP contribution in [0, 0.1) is 0 Å². The summed E-state index contributed by atoms with van der Waals surface area (Å²) in [6, 6.07) is 5.59. The summed E-state index contributed by atoms with van der Waals surface area (Å²) in [5, 5.41) is 2.65. The van der Waals surface area contributed by atoms with E-state index in [4.69, 9.17) is 19.9 Å². The Morgan fingerprint density at radius 1 is 1.16 bits per heavy atom. The van der Waals surface area contributed by atoms with Crippen molar-refractivity contribution < 1.29 is 19.0 Å². The van der Waals surface area contributed by atoms with Crippen molar-refractivity contribution in [1.29, 1.82) is 0 Å². The number of hydrogen-bond donors (Lipinski definition) is 1. The zero-order valence-electron chi connectivity index (χ0n) is 17.6. The minimum atomic E-state index is -0.323. The molecule has 0 bridgehead atoms. The van der Waals surface area contributed by atoms with E-state index < -0.39 is 0 Å². The van der Waals surface area contributed by atoms with Gasteiger partial charge in [-0.2, -0.15) is 0 Å². The first-order chi connectivity index (χ1) is 15.6. The van der Waals surface area contributed by atoms with Crippen molar-refractivity contribution in [1.82, 2.24) is 24.5 Å². The van der Waals surface area contributed by atoms with Crippen LogP contribution in [0.5, 0.6) is 11.5 Å². The molecule has 0 radical (unpaired) electrons. The van der Waals surface area contributed by atoms with Crippen LogP contribution in [0.25, 0.3) is 21.7 Å². The first kappa shape index (κ1) is 21.5. The van der Waals surface area contributed by atoms with Gasteiger partial charge in [-0.25, -0.2) is 19.9 Å². The van der Waals surface area contributed by atoms with Crippen LogP contribution in [0.15, 0.2) is 36.2 Å². The van der Waals surface area contributed by atoms with Crippen molar-refractivity contribution in [3.8, 4) is 22.1 Å². The third-order valence-corrected chi connectivity index (χ3v) is 5.68. The van der Waals surface area contributed by atoms with E-state index in [1.807, 2.05) is 28.1 Å². The van der Waals surface area contributed by atoms with Gasteiger partial charge >= 0.3 is 5.97 Å². The molecular formula is C21H22N6O4S. The molecule has 0 saturated heterocycles. The van der Waals surface area contributed by atoms with E-state index in [0.29, 0.717) is 47.1 Å². The summed E-state index contributed by atoms with van der Waals surface area (Å²) < 4.78 is 17.8. The van der Waals surface area contributed by atoms with Crippen LogP contribution in [0.1, 0.15) is 12.1 Å². The smallest absolute Gasteiger partial charge is 0.311 e. The highest BCUT2D eigenvalue weighted by molar-refractivity contribution is 7.13. The number of methoxy groups -OCH3 is 2. The van der Waals surface area contributed by atoms with Crippen LogP contribution >= 0.6 is 11.3 Å². The first-order valence-electron chi connectivity index (χ1n) is 9.82. The number of carbonyl (C=O) groups is 1. The monoisotopic (exact) mass is 454 g/mol. The van der Waals surface area contributed by atoms with Gasteiger partial charge in [0.25, 0.3) is 0 Å². The summed E-state index contributed by atoms with van der Waals surface area (Å²) >= 11 is 1.46. The van der Waals surface area contributed by atoms with Crippen molar-refractivity contribution in [2.24, 2.45) is 0 Å². The predicted molar refractivity (Wildman–Crippen MR) is 120 cm³/mol. The number of carbonyl (C=O) groups excluding carboxylic acids is 1. The van der Waals surface area contributed by atoms with Crippen LogP contribution < -0.4 is 15.2 Å². The summed E-state index contributed by atoms with van der Waals surface area (Å²) in [5.41, 5.74) is 8.58. The summed E-state index contributed by atoms with van der Waals surface area (Å²) in [5.74, 6) is 1.30. The van der Waals surface area contributed by atoms with Crippen molar-refractivity contribution in [3.05, 3.63) is 41.9 Å². The Morgan fingerprint density at radius 2 is 2.00 bits per heavy atom. The number of esters is 1. The van der Waals surface area contributed by atoms with Gasteiger partial charge in [0.15, 0.2) is 23.0 Å². The fourth-order valence-electron chi connectivity index (χ4n) is 3.17. The van der Waals surface area contributed by atoms with Crippen LogP contribution in [-0.4, -0.2) is 51.3 Å². The van der Waals surface area contributed by atoms with Crippen molar-refractivity contribution in [3.63, 3.8) is 0 Å². The molecule has 166 valence electrons. The molecule has 11 heteroatoms. The van der Waals surface area contributed by atoms with Crippen molar-refractivity contribution in [2.75, 3.05) is 26.6 Å². The van der Waals surface area contributed by atoms with Gasteiger partial charge in [0, 0.05) is 17.5 Å². The van der Waals surface area contributed by atoms with Gasteiger partial charge in [-0.05, 0) is 24.6 Å². The number of aryl methyl sites for hydroxylation is 1. The van der Waals surface area contributed by atoms with Gasteiger partial charge in [-0.1, -0.05) is 0 Å². The standard InChI is InChI=1S/C21H22N6O4S/c1-29-15-5-4-13(8-16(15)30-2)21-26-14(10-32-21)9-17(28)31-7-3-6-27-12-25-18-19(22)23-11-24-20(18)27/h4-5,8,10-12H,3,6-7,9H2,1-2H3,(H2,22,23,24). The highest BCUT2D eigenvalue weighted by Gasteiger charge is 2.13. The van der Waals surface area contributed by atoms with Crippen molar-refractivity contribution in [2.45, 2.75) is 19.4 Å². The minimum Gasteiger partial charge on any atom is -0.493 e. The molecular weight excluding hydrogens is 432 g/mol. The first-order valence-corrected chi connectivity index (χ1v) is 10.7. The van der Waals surface area contributed by atoms with E-state index in [1.165, 1.54) is 17.7 Å². The topological polar surface area (TPSA) is 127 Å². The molecule has 1 aromatic carbocycles. The zero-order chi connectivity index (χ0) is 22.5. The third-order valence-electron chi connectivity index (χ3n) is 4.74. The van der Waals surface area contributed by atoms with Gasteiger partial charge in [-0.15, -0.1) is 11.3 Å². The maximum absolute atomic E-state index is 12.2. The molecule has 0 aliphatic rings. The lowest BCUT2D eigenvalue weighted by molar-refractivity contribution is -0.143. The Hall–Kier alpha value is -3.73. The number of nitrogen functional groups attached to an aromatic ring is 1. The fourth-order valence-corrected chi connectivity index (χ4v) is 3.99. The molecule has 3 aromatic heterocycles. The molecule has 3 heterocycles. The van der Waals surface area contributed by atoms with E-state index in [1.54, 1.807) is 20.5 Å². The molecule has 0 amide bonds. The number of ether oxygens (including phenoxy) is 3. The number of nitrogens with zero attached hydrogens (tertiary/aromatic N) is 5. The van der Waals surface area contributed by atoms with Crippen LogP contribution in [0.3, 0.4) is 0 Å². The lowest BCUT2D eigenvalue weighted by Crippen LogP contribution is -2.11. The lowest BCUT2D eigenvalue weighted by Gasteiger charge is -2.08. The normalized spacial score (nSPS) is 10.9. The van der Waals surface area contributed by atoms with Crippen molar-refractivity contribution >= 4 is 34.3 Å². The average molecular weight is 455 g/mol. The summed E-state index contributed by atoms with van der Waals surface area (Å²) in [4.78, 5) is 29.1. The van der Waals surface area contributed by atoms with E-state index in [2.05, 4.69) is 19.9 Å². The molecule has 0 atom stereocenters. The molecule has 4 aromatic rings. The Kier molecular flexibility index (Phi) is 6.45. The molecule has 2 N–H and O–H groups in total. The number of aromatic nitrogens is 5. The largest absolute Gasteiger partial charge is 0.493 e. The molecule has 32 heavy (non-hydrogen) atoms. The number of hydrogen-bond acceptors (Lipinski definition) is 10. The Morgan fingerprint density at radius 3 is 2.81 bits per heavy atom. The summed E-state index contributed by atoms with van der Waals surface area (Å²) in [6.07, 6.45) is 3.79. The molecule has 0 spiro atoms. The Balaban J connectivity index is 1.28. The average Bonchev–Trinajstić information content (AvgIpc) is 3.44. The predicted octanol–water partition coefficient (Wildman–Crippen LogP) is 2.73. The molecule has 0 unspecified atom stereocenters. The SMILES string of the molecule is COc1ccc(-c2nc(CC(=O)OCCCn3cnc4c(N)ncnc43)cs2)cc1OC. The highest BCUT2D eigenvalue weighted by atomic mass is 32.1. The second-order valence-electron chi connectivity index (χ2n) is 6.83. The number of anilines is 1. The molecule has 0 aliphatic carbocycles. The number of benzene rings is 1. The van der Waals surface area contributed by atoms with Gasteiger partial charge in [0.2, 0.25) is 0 Å². The molecule has 0 aliphatic heterocycles. The van der Waals surface area contributed by atoms with E-state index >= 15 is 0 Å². The minimum absolute atomic E-state index is 0.113. The maximum atomic E-state index is 12.2. The molecule has 0 saturated carbocycles. The van der Waals surface area contributed by atoms with Gasteiger partial charge in [0.1, 0.15) is 16.9 Å². The quantitative estimate of drug-likeness (QED) is 0.300. The van der Waals surface area contributed by atoms with Gasteiger partial charge < -0.3 is 24.5 Å². The Labute approximate surface area is 188 Å². The van der Waals surface area contributed by atoms with E-state index in [-0.39, 0.29) is 19.0 Å². The summed E-state index contributed by atoms with van der Waals surface area (Å²) in [6.45, 7) is 0.881. The molecule has 4 rings (SSSR count). The van der Waals surface area contributed by atoms with E-state index in [0.717, 1.165) is 10.6 Å². The van der Waals surface area contributed by atoms with E-state index in [9.17, 15) is 4.79 Å². The lowest BCUT2D eigenvalue weighted by atomic mass is 10.2. The van der Waals surface area contributed by atoms with Crippen LogP contribution in [0.4, 0.5) is 5.82 Å². The maximum Gasteiger partial charge on any atom is 0.311 e. The van der Waals surface area contributed by atoms with Gasteiger partial charge in [0.05, 0.1) is 39.3 Å². The van der Waals surface area contributed by atoms with Crippen LogP contribution in [-0.2, 0) is 22.5 Å². The second kappa shape index (κ2) is 9.60. The third kappa shape index (κ3) is 4.62. The number of fused-ring (bicyclic) bond motifs is 1. The summed E-state index contributed by atoms with van der Waals surface area (Å²) in [7, 11) is 3.18. The number of thiazole rings is 1. The second-order valence-corrected chi connectivity index (χ2v) is 7.69. The number of nitrogens with two attached hydrogens (primary N) is 1. The Bertz CT molecular complexity index is 1240. The van der Waals surface area contributed by atoms with Gasteiger partial charge in [-0.3, -0.25) is 4.79 Å². The number of imidazole rings is 1. The molecule has 0 fully saturated rings. The highest BCUT2D eigenvalue weighted by Crippen LogP contribution is 2.33. The molecule has 10 nitrogen and oxygen atoms in total. The number of rotatable bonds is 9. The zero-order valence-corrected chi connectivity index (χ0v) is 18.5. The fraction of sp³-hybridized carbons (Fsp3) is 0.286. The van der Waals surface area contributed by atoms with Crippen LogP contribution in [0.2, 0.25) is 0 Å².